The zero-order valence-electron chi connectivity index (χ0n) is 9.26. The molecule has 0 spiro atoms. The first-order chi connectivity index (χ1) is 8.13. The fourth-order valence-electron chi connectivity index (χ4n) is 1.64. The fraction of sp³-hybridized carbons (Fsp3) is 0.200. The van der Waals surface area contributed by atoms with Crippen LogP contribution in [0.3, 0.4) is 0 Å². The first kappa shape index (κ1) is 11.5. The van der Waals surface area contributed by atoms with Crippen molar-refractivity contribution < 1.29 is 4.39 Å². The molecule has 0 aromatic carbocycles. The molecule has 0 saturated carbocycles. The Bertz CT molecular complexity index is 523. The summed E-state index contributed by atoms with van der Waals surface area (Å²) in [5.41, 5.74) is 9.69. The molecule has 0 aliphatic rings. The Kier molecular flexibility index (Phi) is 3.03. The van der Waals surface area contributed by atoms with Gasteiger partial charge in [0.2, 0.25) is 0 Å². The third-order valence-electron chi connectivity index (χ3n) is 2.55. The van der Waals surface area contributed by atoms with Crippen molar-refractivity contribution in [2.24, 2.45) is 12.9 Å². The van der Waals surface area contributed by atoms with Crippen molar-refractivity contribution in [3.05, 3.63) is 41.6 Å². The van der Waals surface area contributed by atoms with E-state index in [9.17, 15) is 4.39 Å². The number of pyridine rings is 1. The third kappa shape index (κ3) is 2.10. The van der Waals surface area contributed by atoms with E-state index in [1.807, 2.05) is 0 Å². The predicted molar refractivity (Wildman–Crippen MR) is 61.0 cm³/mol. The highest BCUT2D eigenvalue weighted by molar-refractivity contribution is 5.44. The number of rotatable bonds is 3. The second kappa shape index (κ2) is 4.48. The van der Waals surface area contributed by atoms with Gasteiger partial charge >= 0.3 is 0 Å². The topological polar surface area (TPSA) is 94.8 Å². The van der Waals surface area contributed by atoms with Crippen LogP contribution in [0.5, 0.6) is 0 Å². The molecule has 1 unspecified atom stereocenters. The van der Waals surface area contributed by atoms with Gasteiger partial charge in [0.25, 0.3) is 0 Å². The minimum Gasteiger partial charge on any atom is -0.384 e. The van der Waals surface area contributed by atoms with Crippen molar-refractivity contribution in [1.82, 2.24) is 20.2 Å². The second-order valence-electron chi connectivity index (χ2n) is 3.64. The van der Waals surface area contributed by atoms with Crippen LogP contribution in [0.1, 0.15) is 17.2 Å². The van der Waals surface area contributed by atoms with E-state index in [4.69, 9.17) is 11.6 Å². The highest BCUT2D eigenvalue weighted by atomic mass is 19.1. The lowest BCUT2D eigenvalue weighted by molar-refractivity contribution is 0.598. The van der Waals surface area contributed by atoms with Crippen molar-refractivity contribution in [2.45, 2.75) is 6.04 Å². The van der Waals surface area contributed by atoms with Crippen molar-refractivity contribution >= 4 is 5.82 Å². The molecule has 2 aromatic heterocycles. The first-order valence-corrected chi connectivity index (χ1v) is 4.97. The van der Waals surface area contributed by atoms with E-state index < -0.39 is 11.9 Å². The van der Waals surface area contributed by atoms with Crippen LogP contribution in [0.15, 0.2) is 24.7 Å². The summed E-state index contributed by atoms with van der Waals surface area (Å²) < 4.78 is 14.6. The molecule has 90 valence electrons. The molecule has 17 heavy (non-hydrogen) atoms. The number of nitrogen functional groups attached to an aromatic ring is 1. The normalized spacial score (nSPS) is 12.6. The molecule has 0 fully saturated rings. The molecule has 0 amide bonds. The molecule has 0 radical (unpaired) electrons. The van der Waals surface area contributed by atoms with Crippen molar-refractivity contribution in [3.8, 4) is 0 Å². The predicted octanol–water partition coefficient (Wildman–Crippen LogP) is 0.0891. The number of nitrogens with one attached hydrogen (secondary N) is 1. The van der Waals surface area contributed by atoms with Crippen LogP contribution < -0.4 is 17.0 Å². The van der Waals surface area contributed by atoms with Gasteiger partial charge in [-0.3, -0.25) is 15.5 Å². The summed E-state index contributed by atoms with van der Waals surface area (Å²) in [4.78, 5) is 3.78. The number of hydrogen-bond donors (Lipinski definition) is 3. The standard InChI is InChI=1S/C10H13FN6/c1-17-10(12)8(5-15-17)9(16-13)6-2-7(11)4-14-3-6/h2-5,9,16H,12-13H2,1H3. The number of hydrazine groups is 1. The Morgan fingerprint density at radius 3 is 2.71 bits per heavy atom. The van der Waals surface area contributed by atoms with E-state index in [-0.39, 0.29) is 0 Å². The number of aryl methyl sites for hydroxylation is 1. The Labute approximate surface area is 97.4 Å². The van der Waals surface area contributed by atoms with Crippen LogP contribution >= 0.6 is 0 Å². The summed E-state index contributed by atoms with van der Waals surface area (Å²) in [6, 6.07) is 0.913. The molecule has 2 aromatic rings. The Balaban J connectivity index is 2.44. The molecule has 2 rings (SSSR count). The number of anilines is 1. The quantitative estimate of drug-likeness (QED) is 0.518. The number of halogens is 1. The number of nitrogens with two attached hydrogens (primary N) is 2. The maximum Gasteiger partial charge on any atom is 0.141 e. The average Bonchev–Trinajstić information content (AvgIpc) is 2.63. The zero-order chi connectivity index (χ0) is 12.4. The average molecular weight is 236 g/mol. The van der Waals surface area contributed by atoms with Crippen molar-refractivity contribution in [3.63, 3.8) is 0 Å². The van der Waals surface area contributed by atoms with Gasteiger partial charge in [-0.2, -0.15) is 5.10 Å². The lowest BCUT2D eigenvalue weighted by Crippen LogP contribution is -2.29. The van der Waals surface area contributed by atoms with Gasteiger partial charge in [-0.25, -0.2) is 9.82 Å². The molecule has 0 aliphatic carbocycles. The second-order valence-corrected chi connectivity index (χ2v) is 3.64. The zero-order valence-corrected chi connectivity index (χ0v) is 9.26. The van der Waals surface area contributed by atoms with Gasteiger partial charge in [0.1, 0.15) is 11.6 Å². The third-order valence-corrected chi connectivity index (χ3v) is 2.55. The van der Waals surface area contributed by atoms with E-state index in [1.165, 1.54) is 16.9 Å². The largest absolute Gasteiger partial charge is 0.384 e. The number of nitrogens with zero attached hydrogens (tertiary/aromatic N) is 3. The monoisotopic (exact) mass is 236 g/mol. The summed E-state index contributed by atoms with van der Waals surface area (Å²) in [5.74, 6) is 5.52. The Morgan fingerprint density at radius 2 is 2.18 bits per heavy atom. The molecule has 2 heterocycles. The summed E-state index contributed by atoms with van der Waals surface area (Å²) in [6.45, 7) is 0. The van der Waals surface area contributed by atoms with E-state index in [1.54, 1.807) is 13.2 Å². The summed E-state index contributed by atoms with van der Waals surface area (Å²) in [7, 11) is 1.72. The first-order valence-electron chi connectivity index (χ1n) is 4.97. The molecule has 0 saturated heterocycles. The van der Waals surface area contributed by atoms with Gasteiger partial charge in [0, 0.05) is 18.8 Å². The van der Waals surface area contributed by atoms with Crippen molar-refractivity contribution in [2.75, 3.05) is 5.73 Å². The summed E-state index contributed by atoms with van der Waals surface area (Å²) >= 11 is 0. The van der Waals surface area contributed by atoms with E-state index >= 15 is 0 Å². The van der Waals surface area contributed by atoms with Crippen LogP contribution in [0.2, 0.25) is 0 Å². The van der Waals surface area contributed by atoms with Crippen molar-refractivity contribution in [1.29, 1.82) is 0 Å². The minimum absolute atomic E-state index is 0.426. The van der Waals surface area contributed by atoms with Crippen LogP contribution in [-0.4, -0.2) is 14.8 Å². The van der Waals surface area contributed by atoms with Gasteiger partial charge in [0.15, 0.2) is 0 Å². The SMILES string of the molecule is Cn1ncc(C(NN)c2cncc(F)c2)c1N. The Morgan fingerprint density at radius 1 is 1.41 bits per heavy atom. The van der Waals surface area contributed by atoms with E-state index in [0.29, 0.717) is 16.9 Å². The highest BCUT2D eigenvalue weighted by Gasteiger charge is 2.18. The van der Waals surface area contributed by atoms with Crippen LogP contribution in [0.25, 0.3) is 0 Å². The van der Waals surface area contributed by atoms with Gasteiger partial charge < -0.3 is 5.73 Å². The molecule has 0 aliphatic heterocycles. The number of hydrogen-bond acceptors (Lipinski definition) is 5. The molecule has 6 nitrogen and oxygen atoms in total. The van der Waals surface area contributed by atoms with E-state index in [2.05, 4.69) is 15.5 Å². The van der Waals surface area contributed by atoms with Gasteiger partial charge in [0.05, 0.1) is 18.4 Å². The maximum atomic E-state index is 13.1. The van der Waals surface area contributed by atoms with Crippen LogP contribution in [-0.2, 0) is 7.05 Å². The minimum atomic E-state index is -0.438. The molecular formula is C10H13FN6. The smallest absolute Gasteiger partial charge is 0.141 e. The van der Waals surface area contributed by atoms with Gasteiger partial charge in [-0.1, -0.05) is 0 Å². The molecule has 5 N–H and O–H groups in total. The van der Waals surface area contributed by atoms with E-state index in [0.717, 1.165) is 6.20 Å². The fourth-order valence-corrected chi connectivity index (χ4v) is 1.64. The molecule has 1 atom stereocenters. The lowest BCUT2D eigenvalue weighted by atomic mass is 10.0. The molecular weight excluding hydrogens is 223 g/mol. The van der Waals surface area contributed by atoms with Gasteiger partial charge in [-0.15, -0.1) is 0 Å². The lowest BCUT2D eigenvalue weighted by Gasteiger charge is -2.15. The van der Waals surface area contributed by atoms with Crippen LogP contribution in [0, 0.1) is 5.82 Å². The molecule has 7 heteroatoms. The molecule has 0 bridgehead atoms. The summed E-state index contributed by atoms with van der Waals surface area (Å²) in [6.07, 6.45) is 4.24. The maximum absolute atomic E-state index is 13.1. The highest BCUT2D eigenvalue weighted by Crippen LogP contribution is 2.25. The Hall–Kier alpha value is -1.99. The number of aromatic nitrogens is 3. The van der Waals surface area contributed by atoms with Crippen LogP contribution in [0.4, 0.5) is 10.2 Å². The van der Waals surface area contributed by atoms with Gasteiger partial charge in [-0.05, 0) is 11.6 Å². The summed E-state index contributed by atoms with van der Waals surface area (Å²) in [5, 5.41) is 4.01.